The smallest absolute Gasteiger partial charge is 0.239 e. The molecule has 4 N–H and O–H groups in total. The molecule has 0 saturated heterocycles. The minimum absolute atomic E-state index is 0.100. The topological polar surface area (TPSA) is 75.9 Å². The van der Waals surface area contributed by atoms with Crippen molar-refractivity contribution in [2.45, 2.75) is 13.5 Å². The highest BCUT2D eigenvalue weighted by atomic mass is 35.5. The van der Waals surface area contributed by atoms with Crippen molar-refractivity contribution in [1.82, 2.24) is 9.97 Å². The van der Waals surface area contributed by atoms with Gasteiger partial charge in [0.25, 0.3) is 0 Å². The quantitative estimate of drug-likeness (QED) is 0.593. The molecule has 0 bridgehead atoms. The van der Waals surface area contributed by atoms with E-state index < -0.39 is 5.82 Å². The predicted molar refractivity (Wildman–Crippen MR) is 73.3 cm³/mol. The van der Waals surface area contributed by atoms with Crippen molar-refractivity contribution in [3.8, 4) is 0 Å². The number of anilines is 2. The number of hydrazine groups is 1. The summed E-state index contributed by atoms with van der Waals surface area (Å²) in [6.07, 6.45) is 1.65. The molecule has 0 aliphatic heterocycles. The molecule has 0 unspecified atom stereocenters. The molecule has 0 saturated carbocycles. The molecule has 5 nitrogen and oxygen atoms in total. The minimum atomic E-state index is -0.432. The third-order valence-electron chi connectivity index (χ3n) is 2.54. The molecule has 0 fully saturated rings. The molecule has 0 aliphatic carbocycles. The Bertz CT molecular complexity index is 590. The summed E-state index contributed by atoms with van der Waals surface area (Å²) in [5, 5.41) is 3.22. The van der Waals surface area contributed by atoms with E-state index >= 15 is 0 Å². The molecule has 0 amide bonds. The van der Waals surface area contributed by atoms with E-state index in [0.29, 0.717) is 18.3 Å². The molecule has 1 heterocycles. The molecular weight excluding hydrogens is 269 g/mol. The first-order valence-electron chi connectivity index (χ1n) is 5.58. The van der Waals surface area contributed by atoms with Crippen LogP contribution >= 0.6 is 11.6 Å². The van der Waals surface area contributed by atoms with Crippen LogP contribution in [0.1, 0.15) is 11.1 Å². The van der Waals surface area contributed by atoms with Crippen LogP contribution in [0.4, 0.5) is 16.2 Å². The van der Waals surface area contributed by atoms with Crippen LogP contribution in [-0.2, 0) is 6.54 Å². The number of nitrogens with zero attached hydrogens (tertiary/aromatic N) is 2. The lowest BCUT2D eigenvalue weighted by Gasteiger charge is -2.10. The number of nitrogens with one attached hydrogen (secondary N) is 2. The van der Waals surface area contributed by atoms with Crippen LogP contribution in [0.15, 0.2) is 24.4 Å². The van der Waals surface area contributed by atoms with Gasteiger partial charge in [0.2, 0.25) is 5.95 Å². The maximum Gasteiger partial charge on any atom is 0.239 e. The van der Waals surface area contributed by atoms with Gasteiger partial charge in [-0.3, -0.25) is 5.43 Å². The van der Waals surface area contributed by atoms with E-state index in [4.69, 9.17) is 17.4 Å². The Labute approximate surface area is 115 Å². The fraction of sp³-hybridized carbons (Fsp3) is 0.167. The Morgan fingerprint density at radius 3 is 2.89 bits per heavy atom. The first kappa shape index (κ1) is 13.5. The lowest BCUT2D eigenvalue weighted by molar-refractivity contribution is 0.627. The fourth-order valence-corrected chi connectivity index (χ4v) is 1.73. The molecule has 0 aliphatic rings. The number of aromatic nitrogens is 2. The minimum Gasteiger partial charge on any atom is -0.366 e. The van der Waals surface area contributed by atoms with Crippen molar-refractivity contribution in [2.75, 3.05) is 10.7 Å². The zero-order valence-electron chi connectivity index (χ0n) is 10.2. The summed E-state index contributed by atoms with van der Waals surface area (Å²) in [5.74, 6) is 5.80. The van der Waals surface area contributed by atoms with Gasteiger partial charge >= 0.3 is 0 Å². The number of hydrogen-bond donors (Lipinski definition) is 3. The average molecular weight is 282 g/mol. The third-order valence-corrected chi connectivity index (χ3v) is 2.83. The average Bonchev–Trinajstić information content (AvgIpc) is 2.41. The largest absolute Gasteiger partial charge is 0.366 e. The molecule has 1 aromatic heterocycles. The molecule has 2 rings (SSSR count). The van der Waals surface area contributed by atoms with Crippen LogP contribution in [0.5, 0.6) is 0 Å². The Morgan fingerprint density at radius 2 is 2.21 bits per heavy atom. The second-order valence-corrected chi connectivity index (χ2v) is 4.38. The molecule has 2 aromatic rings. The molecule has 100 valence electrons. The Kier molecular flexibility index (Phi) is 4.13. The van der Waals surface area contributed by atoms with Crippen molar-refractivity contribution in [1.29, 1.82) is 0 Å². The summed E-state index contributed by atoms with van der Waals surface area (Å²) in [4.78, 5) is 8.16. The van der Waals surface area contributed by atoms with Crippen LogP contribution in [0.2, 0.25) is 5.02 Å². The normalized spacial score (nSPS) is 10.3. The summed E-state index contributed by atoms with van der Waals surface area (Å²) < 4.78 is 13.0. The number of aryl methyl sites for hydroxylation is 1. The van der Waals surface area contributed by atoms with Crippen molar-refractivity contribution in [2.24, 2.45) is 5.84 Å². The van der Waals surface area contributed by atoms with Crippen molar-refractivity contribution in [3.63, 3.8) is 0 Å². The SMILES string of the molecule is Cc1cnc(NN)nc1NCc1ccc(F)c(Cl)c1. The summed E-state index contributed by atoms with van der Waals surface area (Å²) in [6.45, 7) is 2.35. The van der Waals surface area contributed by atoms with Crippen LogP contribution in [0.3, 0.4) is 0 Å². The molecule has 19 heavy (non-hydrogen) atoms. The van der Waals surface area contributed by atoms with Crippen molar-refractivity contribution >= 4 is 23.4 Å². The molecule has 0 spiro atoms. The van der Waals surface area contributed by atoms with Crippen molar-refractivity contribution in [3.05, 3.63) is 46.4 Å². The number of benzene rings is 1. The standard InChI is InChI=1S/C12H13ClFN5/c1-7-5-17-12(19-15)18-11(7)16-6-8-2-3-10(14)9(13)4-8/h2-5H,6,15H2,1H3,(H2,16,17,18,19). The number of rotatable bonds is 4. The molecule has 7 heteroatoms. The van der Waals surface area contributed by atoms with Gasteiger partial charge in [0.05, 0.1) is 5.02 Å². The lowest BCUT2D eigenvalue weighted by Crippen LogP contribution is -2.12. The van der Waals surface area contributed by atoms with Gasteiger partial charge in [-0.15, -0.1) is 0 Å². The highest BCUT2D eigenvalue weighted by Crippen LogP contribution is 2.18. The van der Waals surface area contributed by atoms with Crippen LogP contribution in [-0.4, -0.2) is 9.97 Å². The van der Waals surface area contributed by atoms with Gasteiger partial charge < -0.3 is 5.32 Å². The Hall–Kier alpha value is -1.92. The second-order valence-electron chi connectivity index (χ2n) is 3.97. The number of nitrogen functional groups attached to an aromatic ring is 1. The second kappa shape index (κ2) is 5.81. The molecular formula is C12H13ClFN5. The van der Waals surface area contributed by atoms with E-state index in [9.17, 15) is 4.39 Å². The van der Waals surface area contributed by atoms with E-state index in [-0.39, 0.29) is 5.02 Å². The fourth-order valence-electron chi connectivity index (χ4n) is 1.53. The van der Waals surface area contributed by atoms with Gasteiger partial charge in [0, 0.05) is 18.3 Å². The van der Waals surface area contributed by atoms with E-state index in [1.54, 1.807) is 18.3 Å². The van der Waals surface area contributed by atoms with Crippen LogP contribution in [0.25, 0.3) is 0 Å². The van der Waals surface area contributed by atoms with E-state index in [1.807, 2.05) is 6.92 Å². The van der Waals surface area contributed by atoms with Crippen molar-refractivity contribution < 1.29 is 4.39 Å². The van der Waals surface area contributed by atoms with E-state index in [2.05, 4.69) is 20.7 Å². The van der Waals surface area contributed by atoms with E-state index in [0.717, 1.165) is 11.1 Å². The maximum atomic E-state index is 13.0. The first-order valence-corrected chi connectivity index (χ1v) is 5.96. The van der Waals surface area contributed by atoms with E-state index in [1.165, 1.54) is 6.07 Å². The van der Waals surface area contributed by atoms with Gasteiger partial charge in [-0.25, -0.2) is 15.2 Å². The maximum absolute atomic E-state index is 13.0. The number of halogens is 2. The number of hydrogen-bond acceptors (Lipinski definition) is 5. The third kappa shape index (κ3) is 3.30. The summed E-state index contributed by atoms with van der Waals surface area (Å²) in [7, 11) is 0. The highest BCUT2D eigenvalue weighted by Gasteiger charge is 2.04. The number of nitrogens with two attached hydrogens (primary N) is 1. The van der Waals surface area contributed by atoms with Gasteiger partial charge in [-0.1, -0.05) is 17.7 Å². The zero-order valence-corrected chi connectivity index (χ0v) is 11.0. The van der Waals surface area contributed by atoms with Crippen LogP contribution in [0, 0.1) is 12.7 Å². The van der Waals surface area contributed by atoms with Gasteiger partial charge in [0.1, 0.15) is 11.6 Å². The predicted octanol–water partition coefficient (Wildman–Crippen LogP) is 2.48. The lowest BCUT2D eigenvalue weighted by atomic mass is 10.2. The van der Waals surface area contributed by atoms with Crippen LogP contribution < -0.4 is 16.6 Å². The summed E-state index contributed by atoms with van der Waals surface area (Å²) in [5.41, 5.74) is 4.11. The summed E-state index contributed by atoms with van der Waals surface area (Å²) >= 11 is 5.72. The molecule has 1 aromatic carbocycles. The first-order chi connectivity index (χ1) is 9.10. The van der Waals surface area contributed by atoms with Gasteiger partial charge in [0.15, 0.2) is 0 Å². The molecule has 0 atom stereocenters. The Balaban J connectivity index is 2.11. The zero-order chi connectivity index (χ0) is 13.8. The monoisotopic (exact) mass is 281 g/mol. The molecule has 0 radical (unpaired) electrons. The van der Waals surface area contributed by atoms with Gasteiger partial charge in [-0.2, -0.15) is 4.98 Å². The Morgan fingerprint density at radius 1 is 1.42 bits per heavy atom. The van der Waals surface area contributed by atoms with Gasteiger partial charge in [-0.05, 0) is 24.6 Å². The summed E-state index contributed by atoms with van der Waals surface area (Å²) in [6, 6.07) is 4.56. The highest BCUT2D eigenvalue weighted by molar-refractivity contribution is 6.30.